The number of fused-ring (bicyclic) bond motifs is 2. The first-order valence-corrected chi connectivity index (χ1v) is 12.6. The van der Waals surface area contributed by atoms with Crippen molar-refractivity contribution in [2.45, 2.75) is 44.4 Å². The molecular formula is C23H25N3O4S2. The Morgan fingerprint density at radius 2 is 2.09 bits per heavy atom. The Morgan fingerprint density at radius 1 is 1.25 bits per heavy atom. The van der Waals surface area contributed by atoms with Crippen LogP contribution in [-0.4, -0.2) is 35.1 Å². The third-order valence-corrected chi connectivity index (χ3v) is 7.76. The van der Waals surface area contributed by atoms with Gasteiger partial charge in [-0.25, -0.2) is 0 Å². The molecule has 168 valence electrons. The van der Waals surface area contributed by atoms with Crippen molar-refractivity contribution in [3.05, 3.63) is 40.3 Å². The Morgan fingerprint density at radius 3 is 2.97 bits per heavy atom. The van der Waals surface area contributed by atoms with E-state index in [9.17, 15) is 4.79 Å². The second kappa shape index (κ2) is 9.15. The number of nitrogens with one attached hydrogen (secondary N) is 1. The predicted octanol–water partition coefficient (Wildman–Crippen LogP) is 4.66. The summed E-state index contributed by atoms with van der Waals surface area (Å²) in [5.74, 6) is 2.81. The summed E-state index contributed by atoms with van der Waals surface area (Å²) in [6.07, 6.45) is 3.47. The zero-order chi connectivity index (χ0) is 22.1. The molecule has 1 N–H and O–H groups in total. The highest BCUT2D eigenvalue weighted by atomic mass is 32.2. The topological polar surface area (TPSA) is 86.5 Å². The largest absolute Gasteiger partial charge is 0.486 e. The summed E-state index contributed by atoms with van der Waals surface area (Å²) < 4.78 is 17.0. The van der Waals surface area contributed by atoms with Gasteiger partial charge in [-0.15, -0.1) is 21.5 Å². The quantitative estimate of drug-likeness (QED) is 0.523. The molecule has 3 aromatic rings. The molecule has 0 fully saturated rings. The number of thioether (sulfide) groups is 1. The average Bonchev–Trinajstić information content (AvgIpc) is 3.44. The number of thiophene rings is 1. The Hall–Kier alpha value is -2.52. The molecule has 2 atom stereocenters. The van der Waals surface area contributed by atoms with Gasteiger partial charge in [-0.05, 0) is 61.4 Å². The molecule has 0 saturated heterocycles. The maximum Gasteiger partial charge on any atom is 0.277 e. The van der Waals surface area contributed by atoms with Crippen LogP contribution in [0.1, 0.15) is 42.3 Å². The molecule has 1 aliphatic carbocycles. The zero-order valence-corrected chi connectivity index (χ0v) is 19.7. The average molecular weight is 472 g/mol. The van der Waals surface area contributed by atoms with Crippen molar-refractivity contribution in [2.24, 2.45) is 5.92 Å². The van der Waals surface area contributed by atoms with Gasteiger partial charge in [-0.2, -0.15) is 0 Å². The van der Waals surface area contributed by atoms with Crippen molar-refractivity contribution >= 4 is 29.0 Å². The number of aryl methyl sites for hydroxylation is 1. The highest BCUT2D eigenvalue weighted by Gasteiger charge is 2.21. The smallest absolute Gasteiger partial charge is 0.277 e. The molecule has 7 nitrogen and oxygen atoms in total. The van der Waals surface area contributed by atoms with E-state index in [0.717, 1.165) is 34.9 Å². The van der Waals surface area contributed by atoms with Gasteiger partial charge in [0, 0.05) is 4.88 Å². The van der Waals surface area contributed by atoms with Gasteiger partial charge in [0.05, 0.1) is 16.7 Å². The summed E-state index contributed by atoms with van der Waals surface area (Å²) in [7, 11) is 0. The van der Waals surface area contributed by atoms with Crippen molar-refractivity contribution in [1.29, 1.82) is 0 Å². The normalized spacial score (nSPS) is 18.1. The van der Waals surface area contributed by atoms with E-state index in [0.29, 0.717) is 30.1 Å². The van der Waals surface area contributed by atoms with Gasteiger partial charge in [0.2, 0.25) is 5.91 Å². The fraction of sp³-hybridized carbons (Fsp3) is 0.435. The van der Waals surface area contributed by atoms with E-state index < -0.39 is 0 Å². The van der Waals surface area contributed by atoms with E-state index in [2.05, 4.69) is 28.5 Å². The molecule has 0 unspecified atom stereocenters. The monoisotopic (exact) mass is 471 g/mol. The molecular weight excluding hydrogens is 446 g/mol. The third kappa shape index (κ3) is 4.63. The summed E-state index contributed by atoms with van der Waals surface area (Å²) in [5, 5.41) is 11.7. The van der Waals surface area contributed by atoms with Crippen LogP contribution in [0.25, 0.3) is 10.8 Å². The molecule has 1 aliphatic heterocycles. The lowest BCUT2D eigenvalue weighted by atomic mass is 9.90. The van der Waals surface area contributed by atoms with E-state index in [-0.39, 0.29) is 17.7 Å². The SMILES string of the molecule is C[C@H]1CCc2sc(-c3nnc(SCC(=O)N[C@@H](C)c4ccc5c(c4)OCCO5)o3)cc2C1. The van der Waals surface area contributed by atoms with E-state index in [1.54, 1.807) is 11.3 Å². The van der Waals surface area contributed by atoms with E-state index in [1.165, 1.54) is 28.6 Å². The van der Waals surface area contributed by atoms with Crippen LogP contribution in [-0.2, 0) is 17.6 Å². The van der Waals surface area contributed by atoms with E-state index in [1.807, 2.05) is 25.1 Å². The summed E-state index contributed by atoms with van der Waals surface area (Å²) in [6.45, 7) is 5.33. The Kier molecular flexibility index (Phi) is 6.10. The second-order valence-corrected chi connectivity index (χ2v) is 10.3. The maximum atomic E-state index is 12.5. The van der Waals surface area contributed by atoms with Crippen LogP contribution < -0.4 is 14.8 Å². The Balaban J connectivity index is 1.16. The van der Waals surface area contributed by atoms with Crippen molar-refractivity contribution in [1.82, 2.24) is 15.5 Å². The number of rotatable bonds is 6. The first-order valence-electron chi connectivity index (χ1n) is 10.8. The van der Waals surface area contributed by atoms with E-state index >= 15 is 0 Å². The number of aromatic nitrogens is 2. The molecule has 1 amide bonds. The summed E-state index contributed by atoms with van der Waals surface area (Å²) in [4.78, 5) is 14.9. The second-order valence-electron chi connectivity index (χ2n) is 8.26. The molecule has 0 bridgehead atoms. The number of nitrogens with zero attached hydrogens (tertiary/aromatic N) is 2. The lowest BCUT2D eigenvalue weighted by Crippen LogP contribution is -2.28. The molecule has 9 heteroatoms. The molecule has 2 aliphatic rings. The van der Waals surface area contributed by atoms with Gasteiger partial charge in [-0.1, -0.05) is 24.8 Å². The molecule has 0 radical (unpaired) electrons. The minimum absolute atomic E-state index is 0.0993. The number of carbonyl (C=O) groups excluding carboxylic acids is 1. The highest BCUT2D eigenvalue weighted by molar-refractivity contribution is 7.99. The van der Waals surface area contributed by atoms with Crippen LogP contribution in [0.4, 0.5) is 0 Å². The number of amides is 1. The Labute approximate surface area is 194 Å². The first-order chi connectivity index (χ1) is 15.5. The van der Waals surface area contributed by atoms with Crippen molar-refractivity contribution in [2.75, 3.05) is 19.0 Å². The van der Waals surface area contributed by atoms with Crippen LogP contribution in [0.2, 0.25) is 0 Å². The summed E-state index contributed by atoms with van der Waals surface area (Å²) in [6, 6.07) is 7.76. The van der Waals surface area contributed by atoms with Crippen LogP contribution >= 0.6 is 23.1 Å². The lowest BCUT2D eigenvalue weighted by molar-refractivity contribution is -0.119. The number of carbonyl (C=O) groups is 1. The van der Waals surface area contributed by atoms with Gasteiger partial charge < -0.3 is 19.2 Å². The summed E-state index contributed by atoms with van der Waals surface area (Å²) in [5.41, 5.74) is 2.37. The molecule has 2 aromatic heterocycles. The van der Waals surface area contributed by atoms with Gasteiger partial charge in [0.25, 0.3) is 11.1 Å². The lowest BCUT2D eigenvalue weighted by Gasteiger charge is -2.21. The standard InChI is InChI=1S/C23H25N3O4S2/c1-13-3-6-19-16(9-13)11-20(32-19)22-25-26-23(30-22)31-12-21(27)24-14(2)15-4-5-17-18(10-15)29-8-7-28-17/h4-5,10-11,13-14H,3,6-9,12H2,1-2H3,(H,24,27)/t13-,14-/m0/s1. The summed E-state index contributed by atoms with van der Waals surface area (Å²) >= 11 is 2.99. The van der Waals surface area contributed by atoms with Gasteiger partial charge in [0.15, 0.2) is 11.5 Å². The van der Waals surface area contributed by atoms with Crippen LogP contribution in [0.15, 0.2) is 33.9 Å². The van der Waals surface area contributed by atoms with Crippen molar-refractivity contribution in [3.8, 4) is 22.3 Å². The number of ether oxygens (including phenoxy) is 2. The number of benzene rings is 1. The fourth-order valence-electron chi connectivity index (χ4n) is 4.00. The van der Waals surface area contributed by atoms with Crippen molar-refractivity contribution in [3.63, 3.8) is 0 Å². The van der Waals surface area contributed by atoms with Gasteiger partial charge in [0.1, 0.15) is 13.2 Å². The number of hydrogen-bond donors (Lipinski definition) is 1. The van der Waals surface area contributed by atoms with Crippen molar-refractivity contribution < 1.29 is 18.7 Å². The minimum atomic E-state index is -0.156. The molecule has 32 heavy (non-hydrogen) atoms. The molecule has 3 heterocycles. The van der Waals surface area contributed by atoms with E-state index in [4.69, 9.17) is 13.9 Å². The maximum absolute atomic E-state index is 12.5. The van der Waals surface area contributed by atoms with Crippen LogP contribution in [0.5, 0.6) is 11.5 Å². The van der Waals surface area contributed by atoms with Crippen LogP contribution in [0.3, 0.4) is 0 Å². The molecule has 5 rings (SSSR count). The predicted molar refractivity (Wildman–Crippen MR) is 124 cm³/mol. The Bertz CT molecular complexity index is 1130. The van der Waals surface area contributed by atoms with Gasteiger partial charge >= 0.3 is 0 Å². The zero-order valence-electron chi connectivity index (χ0n) is 18.1. The number of hydrogen-bond acceptors (Lipinski definition) is 8. The fourth-order valence-corrected chi connectivity index (χ4v) is 5.71. The molecule has 0 spiro atoms. The first kappa shape index (κ1) is 21.3. The minimum Gasteiger partial charge on any atom is -0.486 e. The third-order valence-electron chi connectivity index (χ3n) is 5.72. The highest BCUT2D eigenvalue weighted by Crippen LogP contribution is 2.37. The molecule has 1 aromatic carbocycles. The van der Waals surface area contributed by atoms with Gasteiger partial charge in [-0.3, -0.25) is 4.79 Å². The van der Waals surface area contributed by atoms with Crippen LogP contribution in [0, 0.1) is 5.92 Å². The molecule has 0 saturated carbocycles.